The van der Waals surface area contributed by atoms with Gasteiger partial charge in [0.15, 0.2) is 4.32 Å². The minimum Gasteiger partial charge on any atom is -0.463 e. The highest BCUT2D eigenvalue weighted by atomic mass is 32.2. The van der Waals surface area contributed by atoms with Crippen LogP contribution < -0.4 is 4.90 Å². The predicted molar refractivity (Wildman–Crippen MR) is 111 cm³/mol. The molecule has 1 aliphatic rings. The molecule has 3 rings (SSSR count). The average Bonchev–Trinajstić information content (AvgIpc) is 3.25. The Bertz CT molecular complexity index is 838. The van der Waals surface area contributed by atoms with E-state index in [9.17, 15) is 4.79 Å². The SMILES string of the molecule is CCN(CC)c1ccc(/C=C2/SC(=S)N(/N=C/c3ccco3)C2=O)cc1. The molecule has 26 heavy (non-hydrogen) atoms. The summed E-state index contributed by atoms with van der Waals surface area (Å²) in [5.41, 5.74) is 2.12. The van der Waals surface area contributed by atoms with E-state index in [4.69, 9.17) is 16.6 Å². The zero-order valence-corrected chi connectivity index (χ0v) is 16.2. The summed E-state index contributed by atoms with van der Waals surface area (Å²) in [6, 6.07) is 11.7. The van der Waals surface area contributed by atoms with Crippen molar-refractivity contribution in [2.24, 2.45) is 5.10 Å². The number of furan rings is 1. The highest BCUT2D eigenvalue weighted by molar-refractivity contribution is 8.26. The van der Waals surface area contributed by atoms with Crippen LogP contribution in [0.3, 0.4) is 0 Å². The first-order valence-corrected chi connectivity index (χ1v) is 9.55. The molecule has 2 aromatic rings. The first-order valence-electron chi connectivity index (χ1n) is 8.32. The zero-order valence-electron chi connectivity index (χ0n) is 14.6. The summed E-state index contributed by atoms with van der Waals surface area (Å²) in [5, 5.41) is 5.36. The second-order valence-electron chi connectivity index (χ2n) is 5.52. The maximum atomic E-state index is 12.5. The van der Waals surface area contributed by atoms with Crippen LogP contribution >= 0.6 is 24.0 Å². The summed E-state index contributed by atoms with van der Waals surface area (Å²) in [5.74, 6) is 0.339. The van der Waals surface area contributed by atoms with Gasteiger partial charge in [0.1, 0.15) is 5.76 Å². The lowest BCUT2D eigenvalue weighted by molar-refractivity contribution is -0.122. The van der Waals surface area contributed by atoms with Gasteiger partial charge in [-0.15, -0.1) is 0 Å². The number of amides is 1. The number of hydrogen-bond donors (Lipinski definition) is 0. The van der Waals surface area contributed by atoms with Gasteiger partial charge in [0.2, 0.25) is 0 Å². The van der Waals surface area contributed by atoms with Gasteiger partial charge in [-0.2, -0.15) is 10.1 Å². The molecule has 5 nitrogen and oxygen atoms in total. The Morgan fingerprint density at radius 3 is 2.58 bits per heavy atom. The number of thioether (sulfide) groups is 1. The van der Waals surface area contributed by atoms with E-state index in [0.717, 1.165) is 18.7 Å². The van der Waals surface area contributed by atoms with Gasteiger partial charge in [0.25, 0.3) is 5.91 Å². The van der Waals surface area contributed by atoms with Crippen LogP contribution in [0.2, 0.25) is 0 Å². The number of nitrogens with zero attached hydrogens (tertiary/aromatic N) is 3. The van der Waals surface area contributed by atoms with Crippen LogP contribution in [0.25, 0.3) is 6.08 Å². The zero-order chi connectivity index (χ0) is 18.5. The largest absolute Gasteiger partial charge is 0.463 e. The van der Waals surface area contributed by atoms with Crippen molar-refractivity contribution in [2.75, 3.05) is 18.0 Å². The van der Waals surface area contributed by atoms with Crippen molar-refractivity contribution in [3.63, 3.8) is 0 Å². The highest BCUT2D eigenvalue weighted by Gasteiger charge is 2.32. The minimum absolute atomic E-state index is 0.226. The average molecular weight is 386 g/mol. The van der Waals surface area contributed by atoms with E-state index in [-0.39, 0.29) is 5.91 Å². The normalized spacial score (nSPS) is 16.2. The molecule has 134 valence electrons. The third-order valence-electron chi connectivity index (χ3n) is 3.94. The van der Waals surface area contributed by atoms with E-state index in [1.54, 1.807) is 18.4 Å². The van der Waals surface area contributed by atoms with Crippen LogP contribution in [0.4, 0.5) is 5.69 Å². The maximum Gasteiger partial charge on any atom is 0.286 e. The second-order valence-corrected chi connectivity index (χ2v) is 7.19. The first kappa shape index (κ1) is 18.4. The van der Waals surface area contributed by atoms with Gasteiger partial charge in [-0.3, -0.25) is 4.79 Å². The number of carbonyl (C=O) groups excluding carboxylic acids is 1. The summed E-state index contributed by atoms with van der Waals surface area (Å²) in [7, 11) is 0. The van der Waals surface area contributed by atoms with Crippen LogP contribution in [0, 0.1) is 0 Å². The number of thiocarbonyl (C=S) groups is 1. The molecule has 0 saturated carbocycles. The first-order chi connectivity index (χ1) is 12.6. The monoisotopic (exact) mass is 385 g/mol. The lowest BCUT2D eigenvalue weighted by Crippen LogP contribution is -2.22. The Labute approximate surface area is 162 Å². The molecule has 7 heteroatoms. The highest BCUT2D eigenvalue weighted by Crippen LogP contribution is 2.33. The van der Waals surface area contributed by atoms with Gasteiger partial charge in [-0.1, -0.05) is 23.9 Å². The summed E-state index contributed by atoms with van der Waals surface area (Å²) >= 11 is 6.52. The van der Waals surface area contributed by atoms with E-state index in [0.29, 0.717) is 15.0 Å². The summed E-state index contributed by atoms with van der Waals surface area (Å²) < 4.78 is 5.59. The Kier molecular flexibility index (Phi) is 5.90. The molecule has 0 spiro atoms. The Morgan fingerprint density at radius 1 is 1.23 bits per heavy atom. The quantitative estimate of drug-likeness (QED) is 0.420. The van der Waals surface area contributed by atoms with Crippen molar-refractivity contribution in [1.82, 2.24) is 5.01 Å². The third kappa shape index (κ3) is 4.05. The molecule has 1 fully saturated rings. The van der Waals surface area contributed by atoms with Crippen LogP contribution in [0.5, 0.6) is 0 Å². The lowest BCUT2D eigenvalue weighted by atomic mass is 10.1. The van der Waals surface area contributed by atoms with Crippen LogP contribution in [-0.4, -0.2) is 34.5 Å². The maximum absolute atomic E-state index is 12.5. The number of carbonyl (C=O) groups is 1. The fourth-order valence-corrected chi connectivity index (χ4v) is 3.73. The Balaban J connectivity index is 1.75. The van der Waals surface area contributed by atoms with Gasteiger partial charge in [0.05, 0.1) is 17.4 Å². The van der Waals surface area contributed by atoms with Crippen molar-refractivity contribution in [2.45, 2.75) is 13.8 Å². The molecule has 0 unspecified atom stereocenters. The van der Waals surface area contributed by atoms with E-state index < -0.39 is 0 Å². The fraction of sp³-hybridized carbons (Fsp3) is 0.211. The predicted octanol–water partition coefficient (Wildman–Crippen LogP) is 4.36. The summed E-state index contributed by atoms with van der Waals surface area (Å²) in [4.78, 5) is 15.4. The number of hydrazone groups is 1. The Hall–Kier alpha value is -2.38. The van der Waals surface area contributed by atoms with Gasteiger partial charge in [-0.25, -0.2) is 0 Å². The van der Waals surface area contributed by atoms with Crippen LogP contribution in [0.1, 0.15) is 25.2 Å². The summed E-state index contributed by atoms with van der Waals surface area (Å²) in [6.07, 6.45) is 4.87. The molecule has 0 radical (unpaired) electrons. The molecule has 1 saturated heterocycles. The van der Waals surface area contributed by atoms with Gasteiger partial charge < -0.3 is 9.32 Å². The second kappa shape index (κ2) is 8.33. The van der Waals surface area contributed by atoms with E-state index in [1.807, 2.05) is 18.2 Å². The fourth-order valence-electron chi connectivity index (χ4n) is 2.56. The number of benzene rings is 1. The van der Waals surface area contributed by atoms with Gasteiger partial charge in [0, 0.05) is 18.8 Å². The van der Waals surface area contributed by atoms with Crippen molar-refractivity contribution in [3.8, 4) is 0 Å². The number of rotatable bonds is 6. The van der Waals surface area contributed by atoms with E-state index >= 15 is 0 Å². The van der Waals surface area contributed by atoms with Crippen molar-refractivity contribution >= 4 is 52.2 Å². The minimum atomic E-state index is -0.226. The lowest BCUT2D eigenvalue weighted by Gasteiger charge is -2.20. The molecule has 0 bridgehead atoms. The van der Waals surface area contributed by atoms with Crippen LogP contribution in [-0.2, 0) is 4.79 Å². The molecule has 1 aromatic carbocycles. The topological polar surface area (TPSA) is 49.0 Å². The van der Waals surface area contributed by atoms with E-state index in [1.165, 1.54) is 28.7 Å². The molecule has 1 amide bonds. The van der Waals surface area contributed by atoms with E-state index in [2.05, 4.69) is 36.0 Å². The molecular weight excluding hydrogens is 366 g/mol. The summed E-state index contributed by atoms with van der Waals surface area (Å²) in [6.45, 7) is 6.18. The van der Waals surface area contributed by atoms with Crippen LogP contribution in [0.15, 0.2) is 57.1 Å². The molecule has 0 atom stereocenters. The molecular formula is C19H19N3O2S2. The van der Waals surface area contributed by atoms with Crippen molar-refractivity contribution < 1.29 is 9.21 Å². The van der Waals surface area contributed by atoms with Gasteiger partial charge in [-0.05, 0) is 62.0 Å². The molecule has 2 heterocycles. The number of anilines is 1. The smallest absolute Gasteiger partial charge is 0.286 e. The van der Waals surface area contributed by atoms with Crippen molar-refractivity contribution in [3.05, 3.63) is 58.9 Å². The number of hydrogen-bond acceptors (Lipinski definition) is 6. The molecule has 1 aliphatic heterocycles. The molecule has 1 aromatic heterocycles. The third-order valence-corrected chi connectivity index (χ3v) is 5.22. The van der Waals surface area contributed by atoms with Crippen molar-refractivity contribution in [1.29, 1.82) is 0 Å². The Morgan fingerprint density at radius 2 is 1.96 bits per heavy atom. The molecule has 0 aliphatic carbocycles. The molecule has 0 N–H and O–H groups in total. The standard InChI is InChI=1S/C19H19N3O2S2/c1-3-21(4-2)15-9-7-14(8-10-15)12-17-18(23)22(19(25)26-17)20-13-16-6-5-11-24-16/h5-13H,3-4H2,1-2H3/b17-12+,20-13+. The van der Waals surface area contributed by atoms with Gasteiger partial charge >= 0.3 is 0 Å².